The topological polar surface area (TPSA) is 125 Å². The lowest BCUT2D eigenvalue weighted by Crippen LogP contribution is -2.28. The molecule has 0 radical (unpaired) electrons. The Kier molecular flexibility index (Phi) is 4.59. The summed E-state index contributed by atoms with van der Waals surface area (Å²) < 4.78 is 11.3. The summed E-state index contributed by atoms with van der Waals surface area (Å²) in [5, 5.41) is 8.03. The summed E-state index contributed by atoms with van der Waals surface area (Å²) in [6, 6.07) is 14.1. The number of aromatic nitrogens is 3. The van der Waals surface area contributed by atoms with Gasteiger partial charge in [0, 0.05) is 0 Å². The second-order valence-corrected chi connectivity index (χ2v) is 7.01. The number of fused-ring (bicyclic) bond motifs is 2. The predicted molar refractivity (Wildman–Crippen MR) is 109 cm³/mol. The van der Waals surface area contributed by atoms with Gasteiger partial charge in [-0.05, 0) is 42.5 Å². The molecule has 10 nitrogen and oxygen atoms in total. The van der Waals surface area contributed by atoms with Crippen LogP contribution in [0, 0.1) is 0 Å². The molecule has 0 fully saturated rings. The molecule has 0 spiro atoms. The van der Waals surface area contributed by atoms with E-state index in [1.807, 2.05) is 0 Å². The van der Waals surface area contributed by atoms with Crippen LogP contribution in [0.4, 0.5) is 0 Å². The van der Waals surface area contributed by atoms with Crippen LogP contribution in [0.3, 0.4) is 0 Å². The first-order valence-corrected chi connectivity index (χ1v) is 9.55. The molecule has 0 bridgehead atoms. The molecule has 1 aliphatic heterocycles. The van der Waals surface area contributed by atoms with Gasteiger partial charge >= 0.3 is 5.97 Å². The molecule has 10 heteroatoms. The van der Waals surface area contributed by atoms with Gasteiger partial charge in [-0.3, -0.25) is 19.3 Å². The first-order valence-electron chi connectivity index (χ1n) is 9.55. The zero-order chi connectivity index (χ0) is 22.2. The number of hydrogen-bond acceptors (Lipinski definition) is 8. The zero-order valence-corrected chi connectivity index (χ0v) is 16.4. The molecule has 0 aliphatic carbocycles. The molecule has 2 aromatic carbocycles. The number of carbonyl (C=O) groups is 3. The molecule has 4 aromatic rings. The van der Waals surface area contributed by atoms with E-state index in [2.05, 4.69) is 10.3 Å². The Labute approximate surface area is 179 Å². The van der Waals surface area contributed by atoms with Crippen LogP contribution in [0.1, 0.15) is 36.8 Å². The second kappa shape index (κ2) is 7.58. The molecule has 1 aliphatic rings. The van der Waals surface area contributed by atoms with Crippen molar-refractivity contribution in [3.05, 3.63) is 93.7 Å². The van der Waals surface area contributed by atoms with Crippen molar-refractivity contribution in [3.63, 3.8) is 0 Å². The molecule has 3 heterocycles. The third-order valence-corrected chi connectivity index (χ3v) is 5.05. The van der Waals surface area contributed by atoms with E-state index in [0.29, 0.717) is 16.7 Å². The standard InChI is InChI=1S/C22H14N4O6/c27-19-15-8-7-13(10-17(15)20(28)25(19)11-14-4-3-9-31-14)22(30)32-12-26-21(29)16-5-1-2-6-18(16)23-24-26/h1-10H,11-12H2. The fourth-order valence-electron chi connectivity index (χ4n) is 3.43. The van der Waals surface area contributed by atoms with Crippen LogP contribution in [0.5, 0.6) is 0 Å². The van der Waals surface area contributed by atoms with Gasteiger partial charge in [0.2, 0.25) is 0 Å². The van der Waals surface area contributed by atoms with Crippen LogP contribution in [0.15, 0.2) is 70.1 Å². The molecular weight excluding hydrogens is 416 g/mol. The van der Waals surface area contributed by atoms with Crippen molar-refractivity contribution in [2.75, 3.05) is 0 Å². The summed E-state index contributed by atoms with van der Waals surface area (Å²) in [4.78, 5) is 51.3. The van der Waals surface area contributed by atoms with Crippen LogP contribution in [0.25, 0.3) is 10.9 Å². The Balaban J connectivity index is 1.34. The summed E-state index contributed by atoms with van der Waals surface area (Å²) in [7, 11) is 0. The quantitative estimate of drug-likeness (QED) is 0.348. The van der Waals surface area contributed by atoms with Gasteiger partial charge in [-0.15, -0.1) is 5.10 Å². The van der Waals surface area contributed by atoms with Gasteiger partial charge < -0.3 is 9.15 Å². The fraction of sp³-hybridized carbons (Fsp3) is 0.0909. The third kappa shape index (κ3) is 3.23. The zero-order valence-electron chi connectivity index (χ0n) is 16.4. The summed E-state index contributed by atoms with van der Waals surface area (Å²) >= 11 is 0. The molecule has 32 heavy (non-hydrogen) atoms. The maximum absolute atomic E-state index is 12.7. The number of furan rings is 1. The number of ether oxygens (including phenoxy) is 1. The molecule has 2 amide bonds. The molecule has 0 unspecified atom stereocenters. The molecule has 0 N–H and O–H groups in total. The number of rotatable bonds is 5. The SMILES string of the molecule is O=C(OCn1nnc2ccccc2c1=O)c1ccc2c(c1)C(=O)N(Cc1ccco1)C2=O. The van der Waals surface area contributed by atoms with Crippen molar-refractivity contribution < 1.29 is 23.5 Å². The smallest absolute Gasteiger partial charge is 0.339 e. The number of esters is 1. The highest BCUT2D eigenvalue weighted by atomic mass is 16.5. The first-order chi connectivity index (χ1) is 15.5. The molecule has 2 aromatic heterocycles. The lowest BCUT2D eigenvalue weighted by molar-refractivity contribution is 0.0336. The largest absolute Gasteiger partial charge is 0.467 e. The highest BCUT2D eigenvalue weighted by molar-refractivity contribution is 6.21. The normalized spacial score (nSPS) is 12.9. The van der Waals surface area contributed by atoms with Gasteiger partial charge in [-0.2, -0.15) is 4.68 Å². The van der Waals surface area contributed by atoms with E-state index >= 15 is 0 Å². The lowest BCUT2D eigenvalue weighted by atomic mass is 10.1. The van der Waals surface area contributed by atoms with Gasteiger partial charge in [0.05, 0.1) is 34.9 Å². The van der Waals surface area contributed by atoms with E-state index in [-0.39, 0.29) is 23.2 Å². The monoisotopic (exact) mass is 430 g/mol. The van der Waals surface area contributed by atoms with E-state index in [1.54, 1.807) is 36.4 Å². The number of hydrogen-bond donors (Lipinski definition) is 0. The van der Waals surface area contributed by atoms with Gasteiger partial charge in [0.15, 0.2) is 6.73 Å². The van der Waals surface area contributed by atoms with Crippen LogP contribution >= 0.6 is 0 Å². The summed E-state index contributed by atoms with van der Waals surface area (Å²) in [5.41, 5.74) is 0.326. The van der Waals surface area contributed by atoms with Crippen molar-refractivity contribution >= 4 is 28.7 Å². The van der Waals surface area contributed by atoms with Crippen molar-refractivity contribution in [2.24, 2.45) is 0 Å². The summed E-state index contributed by atoms with van der Waals surface area (Å²) in [5.74, 6) is -1.33. The lowest BCUT2D eigenvalue weighted by Gasteiger charge is -2.11. The summed E-state index contributed by atoms with van der Waals surface area (Å²) in [6.07, 6.45) is 1.45. The van der Waals surface area contributed by atoms with Crippen molar-refractivity contribution in [2.45, 2.75) is 13.3 Å². The van der Waals surface area contributed by atoms with E-state index < -0.39 is 30.1 Å². The Hall–Kier alpha value is -4.60. The second-order valence-electron chi connectivity index (χ2n) is 7.01. The Morgan fingerprint density at radius 2 is 1.78 bits per heavy atom. The van der Waals surface area contributed by atoms with E-state index in [4.69, 9.17) is 9.15 Å². The van der Waals surface area contributed by atoms with E-state index in [9.17, 15) is 19.2 Å². The van der Waals surface area contributed by atoms with Gasteiger partial charge in [0.1, 0.15) is 11.3 Å². The predicted octanol–water partition coefficient (Wildman–Crippen LogP) is 2.00. The third-order valence-electron chi connectivity index (χ3n) is 5.05. The van der Waals surface area contributed by atoms with Crippen molar-refractivity contribution in [1.82, 2.24) is 19.9 Å². The maximum Gasteiger partial charge on any atom is 0.339 e. The highest BCUT2D eigenvalue weighted by Gasteiger charge is 2.36. The van der Waals surface area contributed by atoms with Gasteiger partial charge in [-0.1, -0.05) is 17.3 Å². The van der Waals surface area contributed by atoms with E-state index in [1.165, 1.54) is 24.5 Å². The number of benzene rings is 2. The molecule has 0 saturated carbocycles. The van der Waals surface area contributed by atoms with Crippen molar-refractivity contribution in [1.29, 1.82) is 0 Å². The van der Waals surface area contributed by atoms with Crippen LogP contribution < -0.4 is 5.56 Å². The molecule has 158 valence electrons. The van der Waals surface area contributed by atoms with Crippen LogP contribution in [-0.4, -0.2) is 37.7 Å². The Morgan fingerprint density at radius 1 is 0.969 bits per heavy atom. The average Bonchev–Trinajstić information content (AvgIpc) is 3.41. The van der Waals surface area contributed by atoms with Crippen molar-refractivity contribution in [3.8, 4) is 0 Å². The summed E-state index contributed by atoms with van der Waals surface area (Å²) in [6.45, 7) is -0.466. The number of nitrogens with zero attached hydrogens (tertiary/aromatic N) is 4. The molecule has 0 atom stereocenters. The van der Waals surface area contributed by atoms with Gasteiger partial charge in [-0.25, -0.2) is 4.79 Å². The molecule has 5 rings (SSSR count). The number of imide groups is 1. The Morgan fingerprint density at radius 3 is 2.59 bits per heavy atom. The van der Waals surface area contributed by atoms with Crippen LogP contribution in [-0.2, 0) is 18.0 Å². The minimum atomic E-state index is -0.778. The first kappa shape index (κ1) is 19.4. The fourth-order valence-corrected chi connectivity index (χ4v) is 3.43. The van der Waals surface area contributed by atoms with E-state index in [0.717, 1.165) is 9.58 Å². The molecule has 0 saturated heterocycles. The minimum Gasteiger partial charge on any atom is -0.467 e. The Bertz CT molecular complexity index is 1440. The minimum absolute atomic E-state index is 0.0112. The van der Waals surface area contributed by atoms with Gasteiger partial charge in [0.25, 0.3) is 17.4 Å². The number of carbonyl (C=O) groups excluding carboxylic acids is 3. The highest BCUT2D eigenvalue weighted by Crippen LogP contribution is 2.26. The van der Waals surface area contributed by atoms with Crippen LogP contribution in [0.2, 0.25) is 0 Å². The molecular formula is C22H14N4O6. The maximum atomic E-state index is 12.7. The average molecular weight is 430 g/mol. The number of amides is 2.